The summed E-state index contributed by atoms with van der Waals surface area (Å²) in [6, 6.07) is 30.1. The molecule has 1 unspecified atom stereocenters. The maximum absolute atomic E-state index is 13.5. The number of ether oxygens (including phenoxy) is 3. The Hall–Kier alpha value is -5.04. The molecule has 2 aliphatic heterocycles. The molecule has 0 aromatic heterocycles. The maximum Gasteiger partial charge on any atom is 0.295 e. The minimum atomic E-state index is -0.835. The number of fused-ring (bicyclic) bond motifs is 1. The molecule has 0 saturated carbocycles. The van der Waals surface area contributed by atoms with Gasteiger partial charge in [0.2, 0.25) is 0 Å². The number of para-hydroxylation sites is 1. The van der Waals surface area contributed by atoms with E-state index in [0.717, 1.165) is 5.56 Å². The summed E-state index contributed by atoms with van der Waals surface area (Å²) in [5, 5.41) is 11.5. The molecule has 0 aliphatic carbocycles. The lowest BCUT2D eigenvalue weighted by Crippen LogP contribution is -2.29. The van der Waals surface area contributed by atoms with Crippen molar-refractivity contribution in [3.8, 4) is 23.0 Å². The molecule has 4 aromatic carbocycles. The topological polar surface area (TPSA) is 85.3 Å². The predicted molar refractivity (Wildman–Crippen MR) is 145 cm³/mol. The van der Waals surface area contributed by atoms with Gasteiger partial charge in [0.1, 0.15) is 30.5 Å². The zero-order valence-electron chi connectivity index (χ0n) is 20.9. The molecule has 39 heavy (non-hydrogen) atoms. The Morgan fingerprint density at radius 2 is 1.49 bits per heavy atom. The third kappa shape index (κ3) is 4.82. The first-order valence-corrected chi connectivity index (χ1v) is 12.6. The number of nitrogens with zero attached hydrogens (tertiary/aromatic N) is 1. The van der Waals surface area contributed by atoms with Gasteiger partial charge in [0.05, 0.1) is 11.6 Å². The Morgan fingerprint density at radius 1 is 0.795 bits per heavy atom. The maximum atomic E-state index is 13.5. The molecule has 6 rings (SSSR count). The Morgan fingerprint density at radius 3 is 2.26 bits per heavy atom. The summed E-state index contributed by atoms with van der Waals surface area (Å²) < 4.78 is 17.3. The number of aliphatic hydroxyl groups excluding tert-OH is 1. The zero-order chi connectivity index (χ0) is 26.8. The van der Waals surface area contributed by atoms with E-state index in [-0.39, 0.29) is 17.9 Å². The fourth-order valence-electron chi connectivity index (χ4n) is 4.89. The molecule has 0 spiro atoms. The minimum Gasteiger partial charge on any atom is -0.507 e. The molecule has 0 bridgehead atoms. The molecule has 2 heterocycles. The third-order valence-electron chi connectivity index (χ3n) is 6.70. The van der Waals surface area contributed by atoms with Gasteiger partial charge in [-0.05, 0) is 53.6 Å². The van der Waals surface area contributed by atoms with Gasteiger partial charge >= 0.3 is 0 Å². The highest BCUT2D eigenvalue weighted by atomic mass is 16.6. The number of rotatable bonds is 6. The van der Waals surface area contributed by atoms with Crippen LogP contribution in [0.1, 0.15) is 22.7 Å². The number of benzene rings is 4. The van der Waals surface area contributed by atoms with Crippen molar-refractivity contribution < 1.29 is 28.9 Å². The molecule has 194 valence electrons. The average Bonchev–Trinajstić information content (AvgIpc) is 3.22. The molecule has 1 N–H and O–H groups in total. The van der Waals surface area contributed by atoms with Gasteiger partial charge < -0.3 is 24.2 Å². The van der Waals surface area contributed by atoms with E-state index in [4.69, 9.17) is 14.2 Å². The minimum absolute atomic E-state index is 0.00414. The van der Waals surface area contributed by atoms with E-state index in [2.05, 4.69) is 0 Å². The van der Waals surface area contributed by atoms with Crippen molar-refractivity contribution in [2.75, 3.05) is 13.2 Å². The van der Waals surface area contributed by atoms with Crippen LogP contribution in [-0.4, -0.2) is 34.9 Å². The molecule has 0 radical (unpaired) electrons. The molecule has 1 atom stereocenters. The largest absolute Gasteiger partial charge is 0.507 e. The van der Waals surface area contributed by atoms with Crippen LogP contribution in [0, 0.1) is 0 Å². The van der Waals surface area contributed by atoms with Crippen molar-refractivity contribution in [2.45, 2.75) is 12.6 Å². The highest BCUT2D eigenvalue weighted by Crippen LogP contribution is 2.42. The molecule has 1 fully saturated rings. The van der Waals surface area contributed by atoms with Crippen LogP contribution in [0.2, 0.25) is 0 Å². The van der Waals surface area contributed by atoms with Gasteiger partial charge in [-0.2, -0.15) is 0 Å². The van der Waals surface area contributed by atoms with Crippen molar-refractivity contribution in [1.29, 1.82) is 0 Å². The van der Waals surface area contributed by atoms with Crippen LogP contribution in [0.4, 0.5) is 0 Å². The lowest BCUT2D eigenvalue weighted by Gasteiger charge is -2.26. The van der Waals surface area contributed by atoms with Crippen molar-refractivity contribution in [3.63, 3.8) is 0 Å². The monoisotopic (exact) mass is 519 g/mol. The number of amides is 1. The molecular weight excluding hydrogens is 494 g/mol. The van der Waals surface area contributed by atoms with Crippen molar-refractivity contribution in [1.82, 2.24) is 4.90 Å². The lowest BCUT2D eigenvalue weighted by atomic mass is 9.94. The predicted octanol–water partition coefficient (Wildman–Crippen LogP) is 5.87. The van der Waals surface area contributed by atoms with Gasteiger partial charge in [-0.25, -0.2) is 0 Å². The summed E-state index contributed by atoms with van der Waals surface area (Å²) in [7, 11) is 0. The first-order chi connectivity index (χ1) is 19.1. The first kappa shape index (κ1) is 24.3. The van der Waals surface area contributed by atoms with Crippen molar-refractivity contribution in [2.24, 2.45) is 0 Å². The van der Waals surface area contributed by atoms with Gasteiger partial charge in [-0.3, -0.25) is 9.59 Å². The number of carbonyl (C=O) groups excluding carboxylic acids is 2. The van der Waals surface area contributed by atoms with Crippen LogP contribution < -0.4 is 14.2 Å². The van der Waals surface area contributed by atoms with E-state index in [1.54, 1.807) is 36.4 Å². The molecule has 4 aromatic rings. The second kappa shape index (κ2) is 10.4. The van der Waals surface area contributed by atoms with E-state index < -0.39 is 17.7 Å². The average molecular weight is 520 g/mol. The number of likely N-dealkylation sites (tertiary alicyclic amines) is 1. The molecule has 7 nitrogen and oxygen atoms in total. The van der Waals surface area contributed by atoms with Crippen molar-refractivity contribution in [3.05, 3.63) is 125 Å². The second-order valence-corrected chi connectivity index (χ2v) is 9.26. The Bertz CT molecular complexity index is 1560. The van der Waals surface area contributed by atoms with E-state index in [1.807, 2.05) is 66.7 Å². The molecule has 1 saturated heterocycles. The Kier molecular flexibility index (Phi) is 6.47. The van der Waals surface area contributed by atoms with Crippen LogP contribution in [-0.2, 0) is 16.1 Å². The van der Waals surface area contributed by atoms with Gasteiger partial charge in [-0.15, -0.1) is 0 Å². The lowest BCUT2D eigenvalue weighted by molar-refractivity contribution is -0.140. The SMILES string of the molecule is O=C1C(=O)N(Cc2ccccc2)C(c2cccc(Oc3ccccc3)c2)C1=C(O)c1ccc2c(c1)OCCO2. The molecule has 2 aliphatic rings. The molecule has 1 amide bonds. The Balaban J connectivity index is 1.45. The summed E-state index contributed by atoms with van der Waals surface area (Å²) in [6.07, 6.45) is 0. The van der Waals surface area contributed by atoms with Crippen LogP contribution in [0.15, 0.2) is 109 Å². The fourth-order valence-corrected chi connectivity index (χ4v) is 4.89. The normalized spacial score (nSPS) is 17.7. The number of hydrogen-bond donors (Lipinski definition) is 1. The molecular formula is C32H25NO6. The van der Waals surface area contributed by atoms with Gasteiger partial charge in [0.15, 0.2) is 11.5 Å². The highest BCUT2D eigenvalue weighted by molar-refractivity contribution is 6.46. The highest BCUT2D eigenvalue weighted by Gasteiger charge is 2.46. The number of Topliss-reactive ketones (excluding diaryl/α,β-unsaturated/α-hetero) is 1. The first-order valence-electron chi connectivity index (χ1n) is 12.6. The summed E-state index contributed by atoms with van der Waals surface area (Å²) in [5.74, 6) is 0.520. The number of ketones is 1. The third-order valence-corrected chi connectivity index (χ3v) is 6.70. The van der Waals surface area contributed by atoms with Crippen molar-refractivity contribution >= 4 is 17.4 Å². The van der Waals surface area contributed by atoms with Crippen LogP contribution in [0.5, 0.6) is 23.0 Å². The summed E-state index contributed by atoms with van der Waals surface area (Å²) >= 11 is 0. The summed E-state index contributed by atoms with van der Waals surface area (Å²) in [4.78, 5) is 28.4. The van der Waals surface area contributed by atoms with Gasteiger partial charge in [0.25, 0.3) is 11.7 Å². The fraction of sp³-hybridized carbons (Fsp3) is 0.125. The standard InChI is InChI=1S/C32H25NO6/c34-30(23-14-15-26-27(19-23)38-17-16-37-26)28-29(33(32(36)31(28)35)20-21-8-3-1-4-9-21)22-10-7-13-25(18-22)39-24-11-5-2-6-12-24/h1-15,18-19,29,34H,16-17,20H2. The molecule has 7 heteroatoms. The summed E-state index contributed by atoms with van der Waals surface area (Å²) in [6.45, 7) is 1.01. The van der Waals surface area contributed by atoms with Gasteiger partial charge in [0, 0.05) is 12.1 Å². The van der Waals surface area contributed by atoms with E-state index in [0.29, 0.717) is 47.3 Å². The zero-order valence-corrected chi connectivity index (χ0v) is 20.9. The van der Waals surface area contributed by atoms with E-state index in [9.17, 15) is 14.7 Å². The smallest absolute Gasteiger partial charge is 0.295 e. The van der Waals surface area contributed by atoms with E-state index in [1.165, 1.54) is 4.90 Å². The van der Waals surface area contributed by atoms with Crippen LogP contribution in [0.3, 0.4) is 0 Å². The van der Waals surface area contributed by atoms with Gasteiger partial charge in [-0.1, -0.05) is 60.7 Å². The summed E-state index contributed by atoms with van der Waals surface area (Å²) in [5.41, 5.74) is 1.86. The van der Waals surface area contributed by atoms with E-state index >= 15 is 0 Å². The number of aliphatic hydroxyl groups is 1. The number of carbonyl (C=O) groups is 2. The van der Waals surface area contributed by atoms with Crippen LogP contribution in [0.25, 0.3) is 5.76 Å². The second-order valence-electron chi connectivity index (χ2n) is 9.26. The Labute approximate surface area is 225 Å². The van der Waals surface area contributed by atoms with Crippen LogP contribution >= 0.6 is 0 Å². The number of hydrogen-bond acceptors (Lipinski definition) is 6. The quantitative estimate of drug-likeness (QED) is 0.195.